The van der Waals surface area contributed by atoms with Crippen LogP contribution in [-0.4, -0.2) is 25.2 Å². The predicted molar refractivity (Wildman–Crippen MR) is 91.8 cm³/mol. The number of Topliss-reactive ketones (excluding diaryl/α,β-unsaturated/α-hetero) is 1. The van der Waals surface area contributed by atoms with Gasteiger partial charge < -0.3 is 4.90 Å². The van der Waals surface area contributed by atoms with E-state index in [-0.39, 0.29) is 5.78 Å². The molecule has 0 aromatic heterocycles. The van der Waals surface area contributed by atoms with Gasteiger partial charge in [-0.1, -0.05) is 30.3 Å². The van der Waals surface area contributed by atoms with Gasteiger partial charge in [-0.15, -0.1) is 0 Å². The van der Waals surface area contributed by atoms with Crippen molar-refractivity contribution in [2.75, 3.05) is 18.0 Å². The number of hydrogen-bond donors (Lipinski definition) is 0. The van der Waals surface area contributed by atoms with Crippen molar-refractivity contribution in [2.45, 2.75) is 20.8 Å². The molecule has 3 heteroatoms. The Balaban J connectivity index is 0.000000235. The van der Waals surface area contributed by atoms with Crippen LogP contribution in [0.3, 0.4) is 0 Å². The number of aldehydes is 1. The van der Waals surface area contributed by atoms with Crippen molar-refractivity contribution in [1.29, 1.82) is 0 Å². The summed E-state index contributed by atoms with van der Waals surface area (Å²) in [7, 11) is 0. The zero-order valence-corrected chi connectivity index (χ0v) is 13.5. The minimum Gasteiger partial charge on any atom is -0.372 e. The molecule has 0 heterocycles. The van der Waals surface area contributed by atoms with Crippen LogP contribution in [0.1, 0.15) is 41.5 Å². The molecular weight excluding hydrogens is 274 g/mol. The fraction of sp³-hybridized carbons (Fsp3) is 0.263. The monoisotopic (exact) mass is 297 g/mol. The number of carbonyl (C=O) groups is 2. The smallest absolute Gasteiger partial charge is 0.159 e. The fourth-order valence-corrected chi connectivity index (χ4v) is 2.03. The maximum atomic E-state index is 10.6. The molecule has 0 saturated heterocycles. The molecule has 0 amide bonds. The van der Waals surface area contributed by atoms with Crippen molar-refractivity contribution in [3.05, 3.63) is 65.7 Å². The summed E-state index contributed by atoms with van der Waals surface area (Å²) in [6.45, 7) is 7.80. The van der Waals surface area contributed by atoms with E-state index in [4.69, 9.17) is 0 Å². The highest BCUT2D eigenvalue weighted by Crippen LogP contribution is 2.13. The van der Waals surface area contributed by atoms with Gasteiger partial charge in [0.15, 0.2) is 5.78 Å². The van der Waals surface area contributed by atoms with E-state index in [2.05, 4.69) is 18.7 Å². The summed E-state index contributed by atoms with van der Waals surface area (Å²) in [5.74, 6) is 0.121. The second-order valence-corrected chi connectivity index (χ2v) is 4.80. The van der Waals surface area contributed by atoms with Crippen LogP contribution < -0.4 is 4.90 Å². The Morgan fingerprint density at radius 1 is 0.955 bits per heavy atom. The minimum absolute atomic E-state index is 0.121. The number of anilines is 1. The van der Waals surface area contributed by atoms with Gasteiger partial charge in [-0.2, -0.15) is 0 Å². The maximum Gasteiger partial charge on any atom is 0.159 e. The van der Waals surface area contributed by atoms with E-state index >= 15 is 0 Å². The second-order valence-electron chi connectivity index (χ2n) is 4.80. The number of hydrogen-bond acceptors (Lipinski definition) is 3. The van der Waals surface area contributed by atoms with Gasteiger partial charge in [0.1, 0.15) is 6.29 Å². The highest BCUT2D eigenvalue weighted by atomic mass is 16.1. The van der Waals surface area contributed by atoms with Gasteiger partial charge in [0.25, 0.3) is 0 Å². The largest absolute Gasteiger partial charge is 0.372 e. The normalized spacial score (nSPS) is 9.41. The zero-order valence-electron chi connectivity index (χ0n) is 13.5. The van der Waals surface area contributed by atoms with E-state index in [1.165, 1.54) is 5.69 Å². The van der Waals surface area contributed by atoms with Crippen molar-refractivity contribution >= 4 is 17.8 Å². The molecule has 116 valence electrons. The zero-order chi connectivity index (χ0) is 16.4. The predicted octanol–water partition coefficient (Wildman–Crippen LogP) is 4.23. The highest BCUT2D eigenvalue weighted by Gasteiger charge is 2.00. The third kappa shape index (κ3) is 5.52. The molecule has 0 unspecified atom stereocenters. The number of benzene rings is 2. The molecule has 0 aliphatic rings. The number of carbonyl (C=O) groups excluding carboxylic acids is 2. The van der Waals surface area contributed by atoms with Crippen molar-refractivity contribution in [3.8, 4) is 0 Å². The molecule has 0 saturated carbocycles. The first-order valence-electron chi connectivity index (χ1n) is 7.48. The van der Waals surface area contributed by atoms with E-state index in [1.54, 1.807) is 6.92 Å². The number of rotatable bonds is 5. The number of nitrogens with zero attached hydrogens (tertiary/aromatic N) is 1. The quantitative estimate of drug-likeness (QED) is 0.612. The summed E-state index contributed by atoms with van der Waals surface area (Å²) in [5.41, 5.74) is 2.68. The Labute approximate surface area is 132 Å². The Kier molecular flexibility index (Phi) is 7.62. The lowest BCUT2D eigenvalue weighted by Crippen LogP contribution is -2.21. The van der Waals surface area contributed by atoms with Crippen LogP contribution in [0.4, 0.5) is 5.69 Å². The molecule has 3 nitrogen and oxygen atoms in total. The first kappa shape index (κ1) is 17.6. The number of ketones is 1. The average Bonchev–Trinajstić information content (AvgIpc) is 2.58. The van der Waals surface area contributed by atoms with Crippen molar-refractivity contribution in [2.24, 2.45) is 0 Å². The summed E-state index contributed by atoms with van der Waals surface area (Å²) < 4.78 is 0. The summed E-state index contributed by atoms with van der Waals surface area (Å²) in [4.78, 5) is 23.3. The van der Waals surface area contributed by atoms with Gasteiger partial charge in [-0.3, -0.25) is 9.59 Å². The molecule has 0 aliphatic heterocycles. The van der Waals surface area contributed by atoms with Crippen LogP contribution in [0.15, 0.2) is 54.6 Å². The molecule has 22 heavy (non-hydrogen) atoms. The van der Waals surface area contributed by atoms with Crippen LogP contribution in [0.2, 0.25) is 0 Å². The van der Waals surface area contributed by atoms with Crippen molar-refractivity contribution in [3.63, 3.8) is 0 Å². The SMILES string of the molecule is CC(=O)c1ccccc1.CCN(CC)c1ccc(C=O)cc1. The molecule has 0 radical (unpaired) electrons. The summed E-state index contributed by atoms with van der Waals surface area (Å²) in [5, 5.41) is 0. The van der Waals surface area contributed by atoms with Crippen LogP contribution in [0.25, 0.3) is 0 Å². The third-order valence-corrected chi connectivity index (χ3v) is 3.34. The lowest BCUT2D eigenvalue weighted by molar-refractivity contribution is 0.101. The van der Waals surface area contributed by atoms with E-state index in [0.717, 1.165) is 30.5 Å². The molecule has 0 bridgehead atoms. The molecule has 0 fully saturated rings. The Morgan fingerprint density at radius 3 is 1.86 bits per heavy atom. The van der Waals surface area contributed by atoms with E-state index < -0.39 is 0 Å². The van der Waals surface area contributed by atoms with Gasteiger partial charge >= 0.3 is 0 Å². The molecule has 0 aliphatic carbocycles. The highest BCUT2D eigenvalue weighted by molar-refractivity contribution is 5.93. The van der Waals surface area contributed by atoms with E-state index in [9.17, 15) is 9.59 Å². The first-order chi connectivity index (χ1) is 10.6. The van der Waals surface area contributed by atoms with Gasteiger partial charge in [-0.05, 0) is 45.0 Å². The molecular formula is C19H23NO2. The first-order valence-corrected chi connectivity index (χ1v) is 7.48. The van der Waals surface area contributed by atoms with Gasteiger partial charge in [0.05, 0.1) is 0 Å². The molecule has 0 spiro atoms. The lowest BCUT2D eigenvalue weighted by Gasteiger charge is -2.20. The minimum atomic E-state index is 0.121. The molecule has 0 N–H and O–H groups in total. The lowest BCUT2D eigenvalue weighted by atomic mass is 10.2. The Morgan fingerprint density at radius 2 is 1.50 bits per heavy atom. The standard InChI is InChI=1S/C11H15NO.C8H8O/c1-3-12(4-2)11-7-5-10(9-13)6-8-11;1-7(9)8-5-3-2-4-6-8/h5-9H,3-4H2,1-2H3;2-6H,1H3. The Hall–Kier alpha value is -2.42. The summed E-state index contributed by atoms with van der Waals surface area (Å²) >= 11 is 0. The summed E-state index contributed by atoms with van der Waals surface area (Å²) in [6, 6.07) is 16.9. The van der Waals surface area contributed by atoms with Gasteiger partial charge in [0, 0.05) is 29.9 Å². The molecule has 0 atom stereocenters. The average molecular weight is 297 g/mol. The van der Waals surface area contributed by atoms with E-state index in [1.807, 2.05) is 54.6 Å². The van der Waals surface area contributed by atoms with Gasteiger partial charge in [0.2, 0.25) is 0 Å². The molecule has 2 rings (SSSR count). The maximum absolute atomic E-state index is 10.6. The Bertz CT molecular complexity index is 572. The summed E-state index contributed by atoms with van der Waals surface area (Å²) in [6.07, 6.45) is 0.867. The van der Waals surface area contributed by atoms with Crippen molar-refractivity contribution < 1.29 is 9.59 Å². The topological polar surface area (TPSA) is 37.4 Å². The van der Waals surface area contributed by atoms with E-state index in [0.29, 0.717) is 0 Å². The fourth-order valence-electron chi connectivity index (χ4n) is 2.03. The van der Waals surface area contributed by atoms with Crippen molar-refractivity contribution in [1.82, 2.24) is 0 Å². The second kappa shape index (κ2) is 9.50. The van der Waals surface area contributed by atoms with Crippen LogP contribution >= 0.6 is 0 Å². The third-order valence-electron chi connectivity index (χ3n) is 3.34. The molecule has 2 aromatic rings. The van der Waals surface area contributed by atoms with Crippen LogP contribution in [0.5, 0.6) is 0 Å². The van der Waals surface area contributed by atoms with Crippen LogP contribution in [0, 0.1) is 0 Å². The van der Waals surface area contributed by atoms with Crippen LogP contribution in [-0.2, 0) is 0 Å². The van der Waals surface area contributed by atoms with Gasteiger partial charge in [-0.25, -0.2) is 0 Å². The molecule has 2 aromatic carbocycles.